The first-order valence-corrected chi connectivity index (χ1v) is 8.65. The second-order valence-electron chi connectivity index (χ2n) is 8.24. The number of likely N-dealkylation sites (tertiary alicyclic amines) is 1. The topological polar surface area (TPSA) is 42.0 Å². The van der Waals surface area contributed by atoms with Gasteiger partial charge >= 0.3 is 6.09 Å². The molecule has 0 N–H and O–H groups in total. The minimum atomic E-state index is -0.426. The molecule has 0 radical (unpaired) electrons. The first kappa shape index (κ1) is 16.1. The fourth-order valence-electron chi connectivity index (χ4n) is 3.70. The Kier molecular flexibility index (Phi) is 3.92. The molecule has 1 aliphatic carbocycles. The van der Waals surface area contributed by atoms with Gasteiger partial charge in [-0.15, -0.1) is 0 Å². The van der Waals surface area contributed by atoms with E-state index in [1.807, 2.05) is 25.7 Å². The lowest BCUT2D eigenvalue weighted by atomic mass is 9.88. The fraction of sp³-hybridized carbons (Fsp3) is 0.941. The standard InChI is InChI=1S/C17H30N2O3/c1-5-18-12-16(6-7-16)22-17(13-18)8-10-19(11-9-17)14(20)21-15(2,3)4/h5-13H2,1-4H3. The van der Waals surface area contributed by atoms with Crippen LogP contribution in [-0.2, 0) is 9.47 Å². The van der Waals surface area contributed by atoms with E-state index in [-0.39, 0.29) is 17.3 Å². The number of nitrogens with zero attached hydrogens (tertiary/aromatic N) is 2. The Morgan fingerprint density at radius 3 is 2.09 bits per heavy atom. The van der Waals surface area contributed by atoms with Gasteiger partial charge in [0, 0.05) is 26.2 Å². The minimum absolute atomic E-state index is 0.0523. The molecule has 0 bridgehead atoms. The lowest BCUT2D eigenvalue weighted by molar-refractivity contribution is -0.186. The molecule has 0 aromatic carbocycles. The molecule has 126 valence electrons. The summed E-state index contributed by atoms with van der Waals surface area (Å²) in [5, 5.41) is 0. The Labute approximate surface area is 133 Å². The first-order chi connectivity index (χ1) is 10.2. The van der Waals surface area contributed by atoms with Crippen LogP contribution in [0, 0.1) is 0 Å². The van der Waals surface area contributed by atoms with Crippen LogP contribution in [0.5, 0.6) is 0 Å². The van der Waals surface area contributed by atoms with E-state index in [2.05, 4.69) is 11.8 Å². The molecule has 5 heteroatoms. The first-order valence-electron chi connectivity index (χ1n) is 8.65. The third-order valence-electron chi connectivity index (χ3n) is 5.04. The molecule has 0 atom stereocenters. The molecule has 3 rings (SSSR count). The largest absolute Gasteiger partial charge is 0.444 e. The molecule has 2 saturated heterocycles. The molecule has 22 heavy (non-hydrogen) atoms. The molecular formula is C17H30N2O3. The second-order valence-corrected chi connectivity index (χ2v) is 8.24. The number of likely N-dealkylation sites (N-methyl/N-ethyl adjacent to an activating group) is 1. The predicted molar refractivity (Wildman–Crippen MR) is 84.9 cm³/mol. The minimum Gasteiger partial charge on any atom is -0.444 e. The molecule has 1 amide bonds. The van der Waals surface area contributed by atoms with Crippen molar-refractivity contribution in [2.75, 3.05) is 32.7 Å². The van der Waals surface area contributed by atoms with Crippen molar-refractivity contribution >= 4 is 6.09 Å². The van der Waals surface area contributed by atoms with Crippen LogP contribution in [0.25, 0.3) is 0 Å². The van der Waals surface area contributed by atoms with E-state index in [0.29, 0.717) is 0 Å². The number of piperidine rings is 1. The van der Waals surface area contributed by atoms with Crippen molar-refractivity contribution in [2.24, 2.45) is 0 Å². The smallest absolute Gasteiger partial charge is 0.410 e. The highest BCUT2D eigenvalue weighted by molar-refractivity contribution is 5.68. The summed E-state index contributed by atoms with van der Waals surface area (Å²) in [5.74, 6) is 0. The average molecular weight is 310 g/mol. The van der Waals surface area contributed by atoms with Crippen LogP contribution < -0.4 is 0 Å². The van der Waals surface area contributed by atoms with E-state index < -0.39 is 5.60 Å². The number of amides is 1. The summed E-state index contributed by atoms with van der Waals surface area (Å²) < 4.78 is 12.0. The number of carbonyl (C=O) groups excluding carboxylic acids is 1. The van der Waals surface area contributed by atoms with Crippen molar-refractivity contribution in [2.45, 2.75) is 70.2 Å². The Morgan fingerprint density at radius 2 is 1.64 bits per heavy atom. The van der Waals surface area contributed by atoms with Gasteiger partial charge in [0.15, 0.2) is 0 Å². The van der Waals surface area contributed by atoms with E-state index in [9.17, 15) is 4.79 Å². The summed E-state index contributed by atoms with van der Waals surface area (Å²) in [7, 11) is 0. The third-order valence-corrected chi connectivity index (χ3v) is 5.04. The maximum atomic E-state index is 12.2. The molecule has 2 heterocycles. The van der Waals surface area contributed by atoms with E-state index in [4.69, 9.17) is 9.47 Å². The van der Waals surface area contributed by atoms with Gasteiger partial charge in [-0.25, -0.2) is 4.79 Å². The highest BCUT2D eigenvalue weighted by Crippen LogP contribution is 2.49. The number of hydrogen-bond acceptors (Lipinski definition) is 4. The van der Waals surface area contributed by atoms with Crippen molar-refractivity contribution in [1.29, 1.82) is 0 Å². The van der Waals surface area contributed by atoms with Crippen LogP contribution in [0.1, 0.15) is 53.4 Å². The van der Waals surface area contributed by atoms with Crippen molar-refractivity contribution in [3.05, 3.63) is 0 Å². The fourth-order valence-corrected chi connectivity index (χ4v) is 3.70. The van der Waals surface area contributed by atoms with Gasteiger partial charge in [-0.3, -0.25) is 4.90 Å². The quantitative estimate of drug-likeness (QED) is 0.747. The van der Waals surface area contributed by atoms with Crippen LogP contribution in [0.2, 0.25) is 0 Å². The number of carbonyl (C=O) groups is 1. The molecule has 3 aliphatic rings. The van der Waals surface area contributed by atoms with Crippen LogP contribution in [0.15, 0.2) is 0 Å². The van der Waals surface area contributed by atoms with Gasteiger partial charge in [-0.2, -0.15) is 0 Å². The van der Waals surface area contributed by atoms with Crippen molar-refractivity contribution in [1.82, 2.24) is 9.80 Å². The molecule has 3 fully saturated rings. The van der Waals surface area contributed by atoms with Gasteiger partial charge in [0.2, 0.25) is 0 Å². The van der Waals surface area contributed by atoms with Crippen molar-refractivity contribution in [3.8, 4) is 0 Å². The van der Waals surface area contributed by atoms with E-state index in [1.165, 1.54) is 12.8 Å². The van der Waals surface area contributed by atoms with E-state index in [1.54, 1.807) is 0 Å². The second kappa shape index (κ2) is 5.38. The summed E-state index contributed by atoms with van der Waals surface area (Å²) >= 11 is 0. The van der Waals surface area contributed by atoms with Crippen molar-refractivity contribution < 1.29 is 14.3 Å². The number of hydrogen-bond donors (Lipinski definition) is 0. The summed E-state index contributed by atoms with van der Waals surface area (Å²) in [5.41, 5.74) is -0.351. The number of morpholine rings is 1. The summed E-state index contributed by atoms with van der Waals surface area (Å²) in [6.45, 7) is 12.6. The van der Waals surface area contributed by atoms with Gasteiger partial charge in [0.05, 0.1) is 11.2 Å². The van der Waals surface area contributed by atoms with Crippen LogP contribution in [0.4, 0.5) is 4.79 Å². The zero-order valence-corrected chi connectivity index (χ0v) is 14.5. The Hall–Kier alpha value is -0.810. The molecule has 5 nitrogen and oxygen atoms in total. The average Bonchev–Trinajstić information content (AvgIpc) is 3.15. The molecule has 1 saturated carbocycles. The maximum absolute atomic E-state index is 12.2. The third kappa shape index (κ3) is 3.40. The normalized spacial score (nSPS) is 27.2. The SMILES string of the molecule is CCN1CC2(CCN(C(=O)OC(C)(C)C)CC2)OC2(CC2)C1. The predicted octanol–water partition coefficient (Wildman–Crippen LogP) is 2.64. The highest BCUT2D eigenvalue weighted by atomic mass is 16.6. The molecule has 2 aliphatic heterocycles. The Bertz CT molecular complexity index is 432. The molecule has 0 unspecified atom stereocenters. The number of rotatable bonds is 1. The lowest BCUT2D eigenvalue weighted by Gasteiger charge is -2.50. The van der Waals surface area contributed by atoms with Crippen LogP contribution in [0.3, 0.4) is 0 Å². The van der Waals surface area contributed by atoms with Gasteiger partial charge in [-0.05, 0) is 53.0 Å². The zero-order valence-electron chi connectivity index (χ0n) is 14.5. The zero-order chi connectivity index (χ0) is 16.0. The molecular weight excluding hydrogens is 280 g/mol. The molecule has 0 aromatic rings. The van der Waals surface area contributed by atoms with Crippen LogP contribution in [-0.4, -0.2) is 65.4 Å². The summed E-state index contributed by atoms with van der Waals surface area (Å²) in [6.07, 6.45) is 4.04. The Balaban J connectivity index is 1.60. The summed E-state index contributed by atoms with van der Waals surface area (Å²) in [6, 6.07) is 0. The Morgan fingerprint density at radius 1 is 1.09 bits per heavy atom. The number of ether oxygens (including phenoxy) is 2. The van der Waals surface area contributed by atoms with E-state index in [0.717, 1.165) is 45.6 Å². The maximum Gasteiger partial charge on any atom is 0.410 e. The molecule has 0 aromatic heterocycles. The molecule has 2 spiro atoms. The van der Waals surface area contributed by atoms with Gasteiger partial charge < -0.3 is 14.4 Å². The monoisotopic (exact) mass is 310 g/mol. The van der Waals surface area contributed by atoms with Gasteiger partial charge in [0.25, 0.3) is 0 Å². The van der Waals surface area contributed by atoms with Gasteiger partial charge in [-0.1, -0.05) is 6.92 Å². The van der Waals surface area contributed by atoms with E-state index >= 15 is 0 Å². The lowest BCUT2D eigenvalue weighted by Crippen LogP contribution is -2.61. The highest BCUT2D eigenvalue weighted by Gasteiger charge is 2.55. The van der Waals surface area contributed by atoms with Gasteiger partial charge in [0.1, 0.15) is 5.60 Å². The van der Waals surface area contributed by atoms with Crippen LogP contribution >= 0.6 is 0 Å². The van der Waals surface area contributed by atoms with Crippen molar-refractivity contribution in [3.63, 3.8) is 0 Å². The summed E-state index contributed by atoms with van der Waals surface area (Å²) in [4.78, 5) is 16.6.